The van der Waals surface area contributed by atoms with Crippen molar-refractivity contribution in [1.29, 1.82) is 0 Å². The highest BCUT2D eigenvalue weighted by Crippen LogP contribution is 2.22. The Morgan fingerprint density at radius 1 is 1.35 bits per heavy atom. The number of carbonyl (C=O) groups excluding carboxylic acids is 2. The number of sulfone groups is 1. The largest absolute Gasteiger partial charge is 0.452 e. The third kappa shape index (κ3) is 4.75. The zero-order chi connectivity index (χ0) is 19.3. The maximum absolute atomic E-state index is 12.7. The Bertz CT molecular complexity index is 763. The number of benzene rings is 1. The standard InChI is InChI=1S/C18H26N2O5S/c1-4-13(2)20(14-9-10-26(23,24)12-14)17(21)11-25-18(22)15-7-5-6-8-16(15)19-3/h5-8,13-14,19H,4,9-12H2,1-3H3/t13-,14+/m0/s1. The lowest BCUT2D eigenvalue weighted by molar-refractivity contribution is -0.138. The molecule has 1 aromatic carbocycles. The van der Waals surface area contributed by atoms with Gasteiger partial charge < -0.3 is 15.0 Å². The number of hydrogen-bond donors (Lipinski definition) is 1. The average molecular weight is 382 g/mol. The van der Waals surface area contributed by atoms with Gasteiger partial charge in [-0.1, -0.05) is 19.1 Å². The minimum atomic E-state index is -3.11. The molecule has 0 aromatic heterocycles. The van der Waals surface area contributed by atoms with Crippen molar-refractivity contribution in [1.82, 2.24) is 4.90 Å². The molecule has 2 atom stereocenters. The second kappa shape index (κ2) is 8.53. The number of nitrogens with one attached hydrogen (secondary N) is 1. The highest BCUT2D eigenvalue weighted by atomic mass is 32.2. The molecule has 1 fully saturated rings. The molecule has 1 saturated heterocycles. The SMILES string of the molecule is CC[C@H](C)N(C(=O)COC(=O)c1ccccc1NC)[C@@H]1CCS(=O)(=O)C1. The first-order chi connectivity index (χ1) is 12.3. The molecule has 144 valence electrons. The van der Waals surface area contributed by atoms with Crippen molar-refractivity contribution in [2.45, 2.75) is 38.8 Å². The summed E-state index contributed by atoms with van der Waals surface area (Å²) >= 11 is 0. The van der Waals surface area contributed by atoms with Crippen molar-refractivity contribution in [3.05, 3.63) is 29.8 Å². The van der Waals surface area contributed by atoms with Gasteiger partial charge in [-0.15, -0.1) is 0 Å². The highest BCUT2D eigenvalue weighted by molar-refractivity contribution is 7.91. The molecule has 1 aliphatic rings. The summed E-state index contributed by atoms with van der Waals surface area (Å²) in [4.78, 5) is 26.5. The molecule has 1 aliphatic heterocycles. The summed E-state index contributed by atoms with van der Waals surface area (Å²) in [6.45, 7) is 3.41. The van der Waals surface area contributed by atoms with Crippen LogP contribution in [-0.4, -0.2) is 62.4 Å². The molecule has 8 heteroatoms. The van der Waals surface area contributed by atoms with Gasteiger partial charge in [-0.05, 0) is 31.9 Å². The number of amides is 1. The van der Waals surface area contributed by atoms with Crippen LogP contribution in [0.1, 0.15) is 37.0 Å². The third-order valence-corrected chi connectivity index (χ3v) is 6.45. The summed E-state index contributed by atoms with van der Waals surface area (Å²) in [5.74, 6) is -0.893. The smallest absolute Gasteiger partial charge is 0.340 e. The van der Waals surface area contributed by atoms with Crippen molar-refractivity contribution >= 4 is 27.4 Å². The molecule has 1 N–H and O–H groups in total. The molecular weight excluding hydrogens is 356 g/mol. The van der Waals surface area contributed by atoms with E-state index in [4.69, 9.17) is 4.74 Å². The Balaban J connectivity index is 2.06. The van der Waals surface area contributed by atoms with Gasteiger partial charge in [-0.25, -0.2) is 13.2 Å². The summed E-state index contributed by atoms with van der Waals surface area (Å²) < 4.78 is 28.7. The molecule has 26 heavy (non-hydrogen) atoms. The first-order valence-electron chi connectivity index (χ1n) is 8.74. The summed E-state index contributed by atoms with van der Waals surface area (Å²) in [6.07, 6.45) is 1.12. The maximum atomic E-state index is 12.7. The van der Waals surface area contributed by atoms with E-state index in [2.05, 4.69) is 5.32 Å². The summed E-state index contributed by atoms with van der Waals surface area (Å²) in [7, 11) is -1.41. The lowest BCUT2D eigenvalue weighted by Gasteiger charge is -2.33. The molecule has 0 aliphatic carbocycles. The van der Waals surface area contributed by atoms with Gasteiger partial charge in [-0.3, -0.25) is 4.79 Å². The molecule has 0 radical (unpaired) electrons. The van der Waals surface area contributed by atoms with Crippen LogP contribution in [0.2, 0.25) is 0 Å². The number of rotatable bonds is 7. The quantitative estimate of drug-likeness (QED) is 0.722. The number of para-hydroxylation sites is 1. The normalized spacial score (nSPS) is 19.6. The number of anilines is 1. The van der Waals surface area contributed by atoms with E-state index in [1.165, 1.54) is 0 Å². The van der Waals surface area contributed by atoms with E-state index >= 15 is 0 Å². The van der Waals surface area contributed by atoms with Crippen molar-refractivity contribution in [2.75, 3.05) is 30.5 Å². The van der Waals surface area contributed by atoms with Crippen LogP contribution in [0.15, 0.2) is 24.3 Å². The van der Waals surface area contributed by atoms with Gasteiger partial charge in [0.2, 0.25) is 0 Å². The first-order valence-corrected chi connectivity index (χ1v) is 10.6. The molecule has 0 spiro atoms. The summed E-state index contributed by atoms with van der Waals surface area (Å²) in [6, 6.07) is 6.39. The molecule has 1 aromatic rings. The van der Waals surface area contributed by atoms with Crippen molar-refractivity contribution < 1.29 is 22.7 Å². The Morgan fingerprint density at radius 3 is 2.62 bits per heavy atom. The van der Waals surface area contributed by atoms with Gasteiger partial charge in [0.25, 0.3) is 5.91 Å². The fourth-order valence-electron chi connectivity index (χ4n) is 3.16. The first kappa shape index (κ1) is 20.2. The van der Waals surface area contributed by atoms with Gasteiger partial charge in [-0.2, -0.15) is 0 Å². The highest BCUT2D eigenvalue weighted by Gasteiger charge is 2.36. The van der Waals surface area contributed by atoms with Crippen molar-refractivity contribution in [2.24, 2.45) is 0 Å². The zero-order valence-corrected chi connectivity index (χ0v) is 16.2. The van der Waals surface area contributed by atoms with Gasteiger partial charge in [0, 0.05) is 24.8 Å². The maximum Gasteiger partial charge on any atom is 0.340 e. The Labute approximate surface area is 154 Å². The van der Waals surface area contributed by atoms with E-state index in [9.17, 15) is 18.0 Å². The molecule has 0 bridgehead atoms. The molecule has 0 unspecified atom stereocenters. The molecule has 0 saturated carbocycles. The number of carbonyl (C=O) groups is 2. The lowest BCUT2D eigenvalue weighted by atomic mass is 10.1. The summed E-state index contributed by atoms with van der Waals surface area (Å²) in [5.41, 5.74) is 0.965. The number of nitrogens with zero attached hydrogens (tertiary/aromatic N) is 1. The van der Waals surface area contributed by atoms with Crippen LogP contribution in [-0.2, 0) is 19.4 Å². The predicted octanol–water partition coefficient (Wildman–Crippen LogP) is 1.70. The van der Waals surface area contributed by atoms with Crippen LogP contribution in [0.25, 0.3) is 0 Å². The fourth-order valence-corrected chi connectivity index (χ4v) is 4.87. The molecule has 2 rings (SSSR count). The predicted molar refractivity (Wildman–Crippen MR) is 99.9 cm³/mol. The second-order valence-electron chi connectivity index (χ2n) is 6.49. The van der Waals surface area contributed by atoms with E-state index in [1.807, 2.05) is 13.8 Å². The van der Waals surface area contributed by atoms with E-state index in [0.29, 0.717) is 24.1 Å². The topological polar surface area (TPSA) is 92.8 Å². The second-order valence-corrected chi connectivity index (χ2v) is 8.72. The van der Waals surface area contributed by atoms with Crippen LogP contribution >= 0.6 is 0 Å². The van der Waals surface area contributed by atoms with Crippen LogP contribution < -0.4 is 5.32 Å². The monoisotopic (exact) mass is 382 g/mol. The zero-order valence-electron chi connectivity index (χ0n) is 15.4. The van der Waals surface area contributed by atoms with E-state index in [1.54, 1.807) is 36.2 Å². The molecule has 7 nitrogen and oxygen atoms in total. The van der Waals surface area contributed by atoms with E-state index < -0.39 is 22.4 Å². The molecular formula is C18H26N2O5S. The van der Waals surface area contributed by atoms with E-state index in [-0.39, 0.29) is 29.5 Å². The Morgan fingerprint density at radius 2 is 2.04 bits per heavy atom. The number of ether oxygens (including phenoxy) is 1. The van der Waals surface area contributed by atoms with E-state index in [0.717, 1.165) is 0 Å². The Kier molecular flexibility index (Phi) is 6.63. The van der Waals surface area contributed by atoms with Gasteiger partial charge in [0.1, 0.15) is 0 Å². The van der Waals surface area contributed by atoms with Gasteiger partial charge in [0.15, 0.2) is 16.4 Å². The lowest BCUT2D eigenvalue weighted by Crippen LogP contribution is -2.48. The van der Waals surface area contributed by atoms with Crippen LogP contribution in [0.4, 0.5) is 5.69 Å². The van der Waals surface area contributed by atoms with Gasteiger partial charge in [0.05, 0.1) is 17.1 Å². The number of esters is 1. The summed E-state index contributed by atoms with van der Waals surface area (Å²) in [5, 5.41) is 2.91. The molecule has 1 amide bonds. The van der Waals surface area contributed by atoms with Crippen LogP contribution in [0.5, 0.6) is 0 Å². The van der Waals surface area contributed by atoms with Crippen molar-refractivity contribution in [3.8, 4) is 0 Å². The average Bonchev–Trinajstić information content (AvgIpc) is 2.98. The third-order valence-electron chi connectivity index (χ3n) is 4.70. The van der Waals surface area contributed by atoms with Crippen molar-refractivity contribution in [3.63, 3.8) is 0 Å². The number of hydrogen-bond acceptors (Lipinski definition) is 6. The fraction of sp³-hybridized carbons (Fsp3) is 0.556. The molecule has 1 heterocycles. The van der Waals surface area contributed by atoms with Gasteiger partial charge >= 0.3 is 5.97 Å². The van der Waals surface area contributed by atoms with Crippen LogP contribution in [0, 0.1) is 0 Å². The Hall–Kier alpha value is -2.09. The minimum Gasteiger partial charge on any atom is -0.452 e. The minimum absolute atomic E-state index is 0.0282. The van der Waals surface area contributed by atoms with Crippen LogP contribution in [0.3, 0.4) is 0 Å².